The minimum atomic E-state index is -0.374. The van der Waals surface area contributed by atoms with E-state index in [1.54, 1.807) is 29.2 Å². The van der Waals surface area contributed by atoms with E-state index in [-0.39, 0.29) is 11.6 Å². The van der Waals surface area contributed by atoms with E-state index in [2.05, 4.69) is 0 Å². The summed E-state index contributed by atoms with van der Waals surface area (Å²) < 4.78 is 6.20. The summed E-state index contributed by atoms with van der Waals surface area (Å²) in [6.45, 7) is 1.39. The number of carbonyl (C=O) groups is 1. The second-order valence-electron chi connectivity index (χ2n) is 4.52. The SMILES string of the molecule is O=C(N1CCCCC1)n1oc2ccccc2c1=O. The Morgan fingerprint density at radius 1 is 1.11 bits per heavy atom. The van der Waals surface area contributed by atoms with Crippen molar-refractivity contribution in [1.29, 1.82) is 0 Å². The van der Waals surface area contributed by atoms with Crippen LogP contribution in [0.5, 0.6) is 0 Å². The van der Waals surface area contributed by atoms with Crippen molar-refractivity contribution in [1.82, 2.24) is 9.64 Å². The number of hydrogen-bond donors (Lipinski definition) is 0. The third-order valence-corrected chi connectivity index (χ3v) is 3.29. The van der Waals surface area contributed by atoms with E-state index in [0.717, 1.165) is 24.0 Å². The van der Waals surface area contributed by atoms with E-state index >= 15 is 0 Å². The monoisotopic (exact) mass is 246 g/mol. The van der Waals surface area contributed by atoms with Crippen molar-refractivity contribution in [3.8, 4) is 0 Å². The van der Waals surface area contributed by atoms with E-state index in [1.807, 2.05) is 0 Å². The number of benzene rings is 1. The maximum atomic E-state index is 12.2. The summed E-state index contributed by atoms with van der Waals surface area (Å²) in [7, 11) is 0. The van der Waals surface area contributed by atoms with Crippen molar-refractivity contribution < 1.29 is 9.32 Å². The van der Waals surface area contributed by atoms with Crippen molar-refractivity contribution in [2.24, 2.45) is 0 Å². The van der Waals surface area contributed by atoms with Gasteiger partial charge in [-0.1, -0.05) is 16.9 Å². The Labute approximate surface area is 104 Å². The average molecular weight is 246 g/mol. The molecule has 18 heavy (non-hydrogen) atoms. The van der Waals surface area contributed by atoms with Gasteiger partial charge in [-0.15, -0.1) is 0 Å². The van der Waals surface area contributed by atoms with Crippen LogP contribution in [0.3, 0.4) is 0 Å². The number of carbonyl (C=O) groups excluding carboxylic acids is 1. The van der Waals surface area contributed by atoms with Crippen LogP contribution in [-0.4, -0.2) is 28.8 Å². The predicted molar refractivity (Wildman–Crippen MR) is 66.7 cm³/mol. The molecule has 1 aliphatic heterocycles. The molecule has 0 atom stereocenters. The van der Waals surface area contributed by atoms with Gasteiger partial charge < -0.3 is 9.42 Å². The molecule has 0 spiro atoms. The molecule has 1 amide bonds. The lowest BCUT2D eigenvalue weighted by Gasteiger charge is -2.25. The average Bonchev–Trinajstić information content (AvgIpc) is 2.77. The fraction of sp³-hybridized carbons (Fsp3) is 0.385. The van der Waals surface area contributed by atoms with E-state index in [1.165, 1.54) is 0 Å². The number of aromatic nitrogens is 1. The third-order valence-electron chi connectivity index (χ3n) is 3.29. The van der Waals surface area contributed by atoms with Crippen LogP contribution in [-0.2, 0) is 0 Å². The molecule has 0 radical (unpaired) electrons. The topological polar surface area (TPSA) is 55.5 Å². The molecule has 5 heteroatoms. The molecule has 1 aromatic carbocycles. The predicted octanol–water partition coefficient (Wildman–Crippen LogP) is 2.05. The number of fused-ring (bicyclic) bond motifs is 1. The van der Waals surface area contributed by atoms with Gasteiger partial charge in [0, 0.05) is 13.1 Å². The normalized spacial score (nSPS) is 16.1. The van der Waals surface area contributed by atoms with Crippen LogP contribution in [0.15, 0.2) is 33.6 Å². The zero-order valence-electron chi connectivity index (χ0n) is 9.96. The standard InChI is InChI=1S/C13H14N2O3/c16-12-10-6-2-3-7-11(10)18-15(12)13(17)14-8-4-1-5-9-14/h2-3,6-7H,1,4-5,8-9H2. The van der Waals surface area contributed by atoms with Gasteiger partial charge in [-0.25, -0.2) is 4.79 Å². The molecule has 0 aliphatic carbocycles. The van der Waals surface area contributed by atoms with E-state index in [4.69, 9.17) is 4.52 Å². The minimum Gasteiger partial charge on any atom is -0.366 e. The van der Waals surface area contributed by atoms with Crippen LogP contribution in [0.2, 0.25) is 0 Å². The summed E-state index contributed by atoms with van der Waals surface area (Å²) in [5.41, 5.74) is 0.0778. The van der Waals surface area contributed by atoms with Crippen LogP contribution in [0.4, 0.5) is 4.79 Å². The third kappa shape index (κ3) is 1.72. The van der Waals surface area contributed by atoms with E-state index in [0.29, 0.717) is 24.1 Å². The van der Waals surface area contributed by atoms with Gasteiger partial charge in [-0.3, -0.25) is 4.79 Å². The van der Waals surface area contributed by atoms with Gasteiger partial charge in [0.1, 0.15) is 0 Å². The van der Waals surface area contributed by atoms with Crippen LogP contribution >= 0.6 is 0 Å². The van der Waals surface area contributed by atoms with Gasteiger partial charge in [-0.05, 0) is 31.4 Å². The Bertz CT molecular complexity index is 635. The molecule has 0 N–H and O–H groups in total. The van der Waals surface area contributed by atoms with Gasteiger partial charge in [-0.2, -0.15) is 0 Å². The molecule has 94 valence electrons. The molecule has 1 saturated heterocycles. The van der Waals surface area contributed by atoms with Gasteiger partial charge in [0.25, 0.3) is 5.56 Å². The van der Waals surface area contributed by atoms with Gasteiger partial charge in [0.15, 0.2) is 5.58 Å². The maximum Gasteiger partial charge on any atom is 0.361 e. The van der Waals surface area contributed by atoms with Crippen LogP contribution in [0.1, 0.15) is 19.3 Å². The smallest absolute Gasteiger partial charge is 0.361 e. The Balaban J connectivity index is 2.01. The number of para-hydroxylation sites is 1. The minimum absolute atomic E-state index is 0.351. The summed E-state index contributed by atoms with van der Waals surface area (Å²) in [5, 5.41) is 0.447. The zero-order valence-corrected chi connectivity index (χ0v) is 9.96. The molecule has 1 aliphatic rings. The second kappa shape index (κ2) is 4.33. The van der Waals surface area contributed by atoms with Gasteiger partial charge in [0.2, 0.25) is 0 Å². The highest BCUT2D eigenvalue weighted by Gasteiger charge is 2.22. The fourth-order valence-corrected chi connectivity index (χ4v) is 2.31. The Morgan fingerprint density at radius 3 is 2.56 bits per heavy atom. The highest BCUT2D eigenvalue weighted by atomic mass is 16.5. The molecule has 0 saturated carbocycles. The Hall–Kier alpha value is -2.04. The number of piperidine rings is 1. The molecular weight excluding hydrogens is 232 g/mol. The molecule has 0 unspecified atom stereocenters. The highest BCUT2D eigenvalue weighted by molar-refractivity contribution is 5.82. The quantitative estimate of drug-likeness (QED) is 0.714. The number of rotatable bonds is 0. The number of hydrogen-bond acceptors (Lipinski definition) is 3. The summed E-state index contributed by atoms with van der Waals surface area (Å²) in [6, 6.07) is 6.55. The number of nitrogens with zero attached hydrogens (tertiary/aromatic N) is 2. The summed E-state index contributed by atoms with van der Waals surface area (Å²) in [4.78, 5) is 25.9. The molecule has 1 fully saturated rings. The number of amides is 1. The second-order valence-corrected chi connectivity index (χ2v) is 4.52. The van der Waals surface area contributed by atoms with E-state index in [9.17, 15) is 9.59 Å². The lowest BCUT2D eigenvalue weighted by molar-refractivity contribution is 0.161. The fourth-order valence-electron chi connectivity index (χ4n) is 2.31. The maximum absolute atomic E-state index is 12.2. The Morgan fingerprint density at radius 2 is 1.83 bits per heavy atom. The first-order chi connectivity index (χ1) is 8.77. The lowest BCUT2D eigenvalue weighted by Crippen LogP contribution is -2.41. The molecule has 0 bridgehead atoms. The summed E-state index contributed by atoms with van der Waals surface area (Å²) >= 11 is 0. The largest absolute Gasteiger partial charge is 0.366 e. The molecule has 1 aromatic heterocycles. The van der Waals surface area contributed by atoms with Gasteiger partial charge >= 0.3 is 6.03 Å². The van der Waals surface area contributed by atoms with Crippen molar-refractivity contribution >= 4 is 17.0 Å². The molecule has 3 rings (SSSR count). The van der Waals surface area contributed by atoms with Crippen molar-refractivity contribution in [2.45, 2.75) is 19.3 Å². The first-order valence-electron chi connectivity index (χ1n) is 6.18. The Kier molecular flexibility index (Phi) is 2.66. The van der Waals surface area contributed by atoms with E-state index < -0.39 is 0 Å². The summed E-state index contributed by atoms with van der Waals surface area (Å²) in [6.07, 6.45) is 3.11. The van der Waals surface area contributed by atoms with Crippen LogP contribution in [0.25, 0.3) is 11.0 Å². The number of likely N-dealkylation sites (tertiary alicyclic amines) is 1. The lowest BCUT2D eigenvalue weighted by atomic mass is 10.1. The first kappa shape index (κ1) is 11.1. The molecule has 5 nitrogen and oxygen atoms in total. The zero-order chi connectivity index (χ0) is 12.5. The van der Waals surface area contributed by atoms with Gasteiger partial charge in [0.05, 0.1) is 5.39 Å². The summed E-state index contributed by atoms with van der Waals surface area (Å²) in [5.74, 6) is 0. The van der Waals surface area contributed by atoms with Crippen molar-refractivity contribution in [3.63, 3.8) is 0 Å². The van der Waals surface area contributed by atoms with Crippen LogP contribution in [0, 0.1) is 0 Å². The first-order valence-corrected chi connectivity index (χ1v) is 6.18. The molecule has 2 heterocycles. The van der Waals surface area contributed by atoms with Crippen molar-refractivity contribution in [2.75, 3.05) is 13.1 Å². The highest BCUT2D eigenvalue weighted by Crippen LogP contribution is 2.13. The van der Waals surface area contributed by atoms with Crippen molar-refractivity contribution in [3.05, 3.63) is 34.6 Å². The molecular formula is C13H14N2O3. The van der Waals surface area contributed by atoms with Crippen LogP contribution < -0.4 is 5.56 Å². The molecule has 2 aromatic rings.